The molecule has 8 heteroatoms. The minimum Gasteiger partial charge on any atom is -0.497 e. The lowest BCUT2D eigenvalue weighted by molar-refractivity contribution is -0.127. The number of hydrogen-bond acceptors (Lipinski definition) is 6. The molecule has 2 aromatic rings. The summed E-state index contributed by atoms with van der Waals surface area (Å²) in [6.45, 7) is 3.99. The zero-order valence-electron chi connectivity index (χ0n) is 18.5. The summed E-state index contributed by atoms with van der Waals surface area (Å²) in [6, 6.07) is 6.94. The Morgan fingerprint density at radius 3 is 2.74 bits per heavy atom. The lowest BCUT2D eigenvalue weighted by Crippen LogP contribution is -2.47. The van der Waals surface area contributed by atoms with E-state index in [1.165, 1.54) is 37.0 Å². The van der Waals surface area contributed by atoms with Gasteiger partial charge in [0.2, 0.25) is 16.9 Å². The summed E-state index contributed by atoms with van der Waals surface area (Å²) in [5, 5.41) is 15.2. The number of ether oxygens (including phenoxy) is 1. The molecule has 168 valence electrons. The third kappa shape index (κ3) is 6.50. The molecule has 0 spiro atoms. The topological polar surface area (TPSA) is 93.2 Å². The summed E-state index contributed by atoms with van der Waals surface area (Å²) in [6.07, 6.45) is 7.13. The van der Waals surface area contributed by atoms with Crippen molar-refractivity contribution in [2.45, 2.75) is 64.8 Å². The van der Waals surface area contributed by atoms with E-state index in [1.54, 1.807) is 7.11 Å². The van der Waals surface area contributed by atoms with Crippen LogP contribution < -0.4 is 15.4 Å². The summed E-state index contributed by atoms with van der Waals surface area (Å²) in [7, 11) is 1.61. The molecule has 3 rings (SSSR count). The van der Waals surface area contributed by atoms with Crippen LogP contribution in [-0.4, -0.2) is 35.2 Å². The highest BCUT2D eigenvalue weighted by molar-refractivity contribution is 7.18. The summed E-state index contributed by atoms with van der Waals surface area (Å²) in [5.41, 5.74) is 0.871. The van der Waals surface area contributed by atoms with Crippen molar-refractivity contribution >= 4 is 28.3 Å². The second-order valence-electron chi connectivity index (χ2n) is 8.25. The smallest absolute Gasteiger partial charge is 0.249 e. The van der Waals surface area contributed by atoms with Gasteiger partial charge in [0, 0.05) is 12.0 Å². The Morgan fingerprint density at radius 1 is 1.26 bits per heavy atom. The van der Waals surface area contributed by atoms with Crippen molar-refractivity contribution in [1.29, 1.82) is 0 Å². The van der Waals surface area contributed by atoms with E-state index in [1.807, 2.05) is 38.1 Å². The number of anilines is 1. The van der Waals surface area contributed by atoms with Gasteiger partial charge in [-0.2, -0.15) is 0 Å². The van der Waals surface area contributed by atoms with Crippen molar-refractivity contribution in [1.82, 2.24) is 15.5 Å². The maximum atomic E-state index is 12.9. The number of amides is 2. The first kappa shape index (κ1) is 23.2. The summed E-state index contributed by atoms with van der Waals surface area (Å²) in [4.78, 5) is 25.5. The van der Waals surface area contributed by atoms with Gasteiger partial charge in [-0.05, 0) is 30.4 Å². The standard InChI is InChI=1S/C23H32N4O3S/c1-4-15(2)20(24-19(28)13-12-16-8-5-6-9-16)21(29)25-23-27-26-22(31-23)17-10-7-11-18(14-17)30-3/h7,10-11,14-16,20H,4-6,8-9,12-13H2,1-3H3,(H,24,28)(H,25,27,29). The van der Waals surface area contributed by atoms with Gasteiger partial charge in [-0.1, -0.05) is 69.4 Å². The first-order valence-corrected chi connectivity index (χ1v) is 11.9. The number of aromatic nitrogens is 2. The molecule has 0 aliphatic heterocycles. The van der Waals surface area contributed by atoms with Crippen LogP contribution in [0.4, 0.5) is 5.13 Å². The molecule has 0 radical (unpaired) electrons. The Labute approximate surface area is 188 Å². The Balaban J connectivity index is 1.61. The van der Waals surface area contributed by atoms with E-state index >= 15 is 0 Å². The number of benzene rings is 1. The van der Waals surface area contributed by atoms with Crippen molar-refractivity contribution in [3.05, 3.63) is 24.3 Å². The largest absolute Gasteiger partial charge is 0.497 e. The molecule has 1 aromatic heterocycles. The lowest BCUT2D eigenvalue weighted by Gasteiger charge is -2.23. The Bertz CT molecular complexity index is 879. The summed E-state index contributed by atoms with van der Waals surface area (Å²) >= 11 is 1.29. The van der Waals surface area contributed by atoms with Crippen LogP contribution in [-0.2, 0) is 9.59 Å². The van der Waals surface area contributed by atoms with Crippen molar-refractivity contribution in [3.63, 3.8) is 0 Å². The molecule has 1 aliphatic carbocycles. The van der Waals surface area contributed by atoms with E-state index in [0.717, 1.165) is 24.2 Å². The molecule has 0 bridgehead atoms. The molecule has 1 aromatic carbocycles. The van der Waals surface area contributed by atoms with Gasteiger partial charge >= 0.3 is 0 Å². The summed E-state index contributed by atoms with van der Waals surface area (Å²) < 4.78 is 5.25. The zero-order valence-corrected chi connectivity index (χ0v) is 19.3. The molecule has 1 fully saturated rings. The molecule has 1 saturated carbocycles. The number of rotatable bonds is 10. The number of hydrogen-bond donors (Lipinski definition) is 2. The highest BCUT2D eigenvalue weighted by Gasteiger charge is 2.27. The van der Waals surface area contributed by atoms with Gasteiger partial charge < -0.3 is 10.1 Å². The van der Waals surface area contributed by atoms with E-state index in [0.29, 0.717) is 22.5 Å². The van der Waals surface area contributed by atoms with E-state index in [2.05, 4.69) is 20.8 Å². The molecule has 31 heavy (non-hydrogen) atoms. The normalized spacial score (nSPS) is 16.0. The fourth-order valence-electron chi connectivity index (χ4n) is 3.91. The van der Waals surface area contributed by atoms with E-state index in [9.17, 15) is 9.59 Å². The van der Waals surface area contributed by atoms with Gasteiger partial charge in [-0.15, -0.1) is 10.2 Å². The third-order valence-electron chi connectivity index (χ3n) is 6.04. The average molecular weight is 445 g/mol. The molecular weight excluding hydrogens is 412 g/mol. The Morgan fingerprint density at radius 2 is 2.03 bits per heavy atom. The molecule has 2 atom stereocenters. The van der Waals surface area contributed by atoms with Crippen molar-refractivity contribution < 1.29 is 14.3 Å². The van der Waals surface area contributed by atoms with Crippen LogP contribution in [0.3, 0.4) is 0 Å². The number of nitrogens with zero attached hydrogens (tertiary/aromatic N) is 2. The number of carbonyl (C=O) groups is 2. The molecular formula is C23H32N4O3S. The first-order valence-electron chi connectivity index (χ1n) is 11.1. The zero-order chi connectivity index (χ0) is 22.2. The van der Waals surface area contributed by atoms with Crippen LogP contribution >= 0.6 is 11.3 Å². The van der Waals surface area contributed by atoms with E-state index in [4.69, 9.17) is 4.74 Å². The second kappa shape index (κ2) is 11.2. The molecule has 2 unspecified atom stereocenters. The minimum absolute atomic E-state index is 0.0150. The van der Waals surface area contributed by atoms with Crippen LogP contribution in [0.5, 0.6) is 5.75 Å². The van der Waals surface area contributed by atoms with Crippen LogP contribution in [0.25, 0.3) is 10.6 Å². The molecule has 7 nitrogen and oxygen atoms in total. The summed E-state index contributed by atoms with van der Waals surface area (Å²) in [5.74, 6) is 1.09. The second-order valence-corrected chi connectivity index (χ2v) is 9.23. The average Bonchev–Trinajstić information content (AvgIpc) is 3.47. The van der Waals surface area contributed by atoms with E-state index in [-0.39, 0.29) is 17.7 Å². The minimum atomic E-state index is -0.592. The molecule has 0 saturated heterocycles. The molecule has 2 amide bonds. The Hall–Kier alpha value is -2.48. The lowest BCUT2D eigenvalue weighted by atomic mass is 9.97. The van der Waals surface area contributed by atoms with Crippen LogP contribution in [0.1, 0.15) is 58.8 Å². The highest BCUT2D eigenvalue weighted by atomic mass is 32.1. The predicted octanol–water partition coefficient (Wildman–Crippen LogP) is 4.65. The molecule has 2 N–H and O–H groups in total. The highest BCUT2D eigenvalue weighted by Crippen LogP contribution is 2.30. The van der Waals surface area contributed by atoms with Gasteiger partial charge in [-0.25, -0.2) is 0 Å². The third-order valence-corrected chi connectivity index (χ3v) is 6.93. The maximum Gasteiger partial charge on any atom is 0.249 e. The van der Waals surface area contributed by atoms with Gasteiger partial charge in [0.15, 0.2) is 0 Å². The maximum absolute atomic E-state index is 12.9. The van der Waals surface area contributed by atoms with Crippen LogP contribution in [0.2, 0.25) is 0 Å². The van der Waals surface area contributed by atoms with Crippen LogP contribution in [0, 0.1) is 11.8 Å². The van der Waals surface area contributed by atoms with Gasteiger partial charge in [-0.3, -0.25) is 14.9 Å². The van der Waals surface area contributed by atoms with Gasteiger partial charge in [0.25, 0.3) is 0 Å². The van der Waals surface area contributed by atoms with Gasteiger partial charge in [0.05, 0.1) is 7.11 Å². The number of carbonyl (C=O) groups excluding carboxylic acids is 2. The van der Waals surface area contributed by atoms with Crippen molar-refractivity contribution in [2.75, 3.05) is 12.4 Å². The monoisotopic (exact) mass is 444 g/mol. The molecule has 1 heterocycles. The fraction of sp³-hybridized carbons (Fsp3) is 0.565. The SMILES string of the molecule is CCC(C)C(NC(=O)CCC1CCCC1)C(=O)Nc1nnc(-c2cccc(OC)c2)s1. The van der Waals surface area contributed by atoms with Crippen LogP contribution in [0.15, 0.2) is 24.3 Å². The van der Waals surface area contributed by atoms with Crippen molar-refractivity contribution in [2.24, 2.45) is 11.8 Å². The quantitative estimate of drug-likeness (QED) is 0.556. The number of nitrogens with one attached hydrogen (secondary N) is 2. The van der Waals surface area contributed by atoms with Crippen molar-refractivity contribution in [3.8, 4) is 16.3 Å². The molecule has 1 aliphatic rings. The predicted molar refractivity (Wildman–Crippen MR) is 123 cm³/mol. The fourth-order valence-corrected chi connectivity index (χ4v) is 4.65. The number of methoxy groups -OCH3 is 1. The van der Waals surface area contributed by atoms with Gasteiger partial charge in [0.1, 0.15) is 16.8 Å². The Kier molecular flexibility index (Phi) is 8.40. The first-order chi connectivity index (χ1) is 15.0. The van der Waals surface area contributed by atoms with E-state index < -0.39 is 6.04 Å².